The normalized spacial score (nSPS) is 11.8. The van der Waals surface area contributed by atoms with E-state index in [0.29, 0.717) is 24.3 Å². The van der Waals surface area contributed by atoms with Crippen molar-refractivity contribution in [3.63, 3.8) is 0 Å². The number of benzene rings is 2. The fourth-order valence-corrected chi connectivity index (χ4v) is 2.64. The van der Waals surface area contributed by atoms with Crippen molar-refractivity contribution in [2.45, 2.75) is 25.5 Å². The summed E-state index contributed by atoms with van der Waals surface area (Å²) in [7, 11) is -5.76. The summed E-state index contributed by atoms with van der Waals surface area (Å²) in [5, 5.41) is 0. The lowest BCUT2D eigenvalue weighted by molar-refractivity contribution is -0.0509. The van der Waals surface area contributed by atoms with Gasteiger partial charge in [0, 0.05) is 5.56 Å². The third kappa shape index (κ3) is 4.78. The molecule has 0 amide bonds. The summed E-state index contributed by atoms with van der Waals surface area (Å²) >= 11 is 0. The summed E-state index contributed by atoms with van der Waals surface area (Å²) in [4.78, 5) is 0. The van der Waals surface area contributed by atoms with Crippen LogP contribution in [0.15, 0.2) is 55.1 Å². The van der Waals surface area contributed by atoms with Gasteiger partial charge in [0.1, 0.15) is 18.1 Å². The molecule has 0 heterocycles. The van der Waals surface area contributed by atoms with Crippen LogP contribution in [0.4, 0.5) is 13.2 Å². The summed E-state index contributed by atoms with van der Waals surface area (Å²) in [5.41, 5.74) is -3.83. The van der Waals surface area contributed by atoms with Gasteiger partial charge in [0.2, 0.25) is 0 Å². The Balaban J connectivity index is 2.16. The Bertz CT molecular complexity index is 875. The molecule has 0 aliphatic carbocycles. The van der Waals surface area contributed by atoms with Crippen LogP contribution in [0, 0.1) is 0 Å². The maximum absolute atomic E-state index is 12.4. The molecule has 0 spiro atoms. The first-order chi connectivity index (χ1) is 12.1. The molecule has 2 aromatic carbocycles. The molecule has 0 saturated heterocycles. The average molecular weight is 386 g/mol. The van der Waals surface area contributed by atoms with Gasteiger partial charge >= 0.3 is 15.6 Å². The third-order valence-electron chi connectivity index (χ3n) is 3.50. The largest absolute Gasteiger partial charge is 0.534 e. The van der Waals surface area contributed by atoms with Crippen molar-refractivity contribution < 1.29 is 30.5 Å². The van der Waals surface area contributed by atoms with E-state index in [1.54, 1.807) is 13.0 Å². The topological polar surface area (TPSA) is 52.6 Å². The second-order valence-electron chi connectivity index (χ2n) is 5.35. The van der Waals surface area contributed by atoms with Crippen LogP contribution in [-0.2, 0) is 27.3 Å². The van der Waals surface area contributed by atoms with E-state index in [4.69, 9.17) is 4.74 Å². The lowest BCUT2D eigenvalue weighted by Crippen LogP contribution is -2.25. The van der Waals surface area contributed by atoms with E-state index in [9.17, 15) is 21.6 Å². The number of halogens is 3. The summed E-state index contributed by atoms with van der Waals surface area (Å²) in [6.45, 7) is 5.41. The predicted molar refractivity (Wildman–Crippen MR) is 91.7 cm³/mol. The standard InChI is InChI=1S/C18H17F3O4S/c1-3-15-11-16(24-12-14-7-5-4-6-8-14)9-10-17(15)13(2)25-26(22,23)18(19,20)21/h4-11H,2-3,12H2,1H3. The summed E-state index contributed by atoms with van der Waals surface area (Å²) in [6, 6.07) is 14.0. The minimum atomic E-state index is -5.76. The first-order valence-corrected chi connectivity index (χ1v) is 9.04. The molecular weight excluding hydrogens is 369 g/mol. The van der Waals surface area contributed by atoms with Crippen LogP contribution in [0.5, 0.6) is 5.75 Å². The second kappa shape index (κ2) is 7.82. The van der Waals surface area contributed by atoms with Gasteiger partial charge in [0.05, 0.1) is 0 Å². The van der Waals surface area contributed by atoms with Crippen LogP contribution < -0.4 is 4.74 Å². The fraction of sp³-hybridized carbons (Fsp3) is 0.222. The first-order valence-electron chi connectivity index (χ1n) is 7.63. The van der Waals surface area contributed by atoms with Crippen LogP contribution in [0.25, 0.3) is 5.76 Å². The molecule has 0 saturated carbocycles. The van der Waals surface area contributed by atoms with Gasteiger partial charge in [-0.25, -0.2) is 0 Å². The number of aryl methyl sites for hydroxylation is 1. The fourth-order valence-electron chi connectivity index (χ4n) is 2.19. The van der Waals surface area contributed by atoms with E-state index in [1.807, 2.05) is 30.3 Å². The first kappa shape index (κ1) is 19.8. The number of alkyl halides is 3. The Labute approximate surface area is 150 Å². The number of rotatable bonds is 7. The van der Waals surface area contributed by atoms with Crippen molar-refractivity contribution in [1.82, 2.24) is 0 Å². The molecule has 0 fully saturated rings. The van der Waals surface area contributed by atoms with Crippen molar-refractivity contribution in [3.8, 4) is 5.75 Å². The Morgan fingerprint density at radius 1 is 1.12 bits per heavy atom. The van der Waals surface area contributed by atoms with Crippen LogP contribution in [-0.4, -0.2) is 13.9 Å². The lowest BCUT2D eigenvalue weighted by Gasteiger charge is -2.15. The van der Waals surface area contributed by atoms with Gasteiger partial charge in [0.25, 0.3) is 0 Å². The van der Waals surface area contributed by atoms with Gasteiger partial charge in [-0.05, 0) is 35.7 Å². The summed E-state index contributed by atoms with van der Waals surface area (Å²) < 4.78 is 69.4. The maximum atomic E-state index is 12.4. The van der Waals surface area contributed by atoms with Gasteiger partial charge in [0.15, 0.2) is 0 Å². The van der Waals surface area contributed by atoms with Gasteiger partial charge in [-0.2, -0.15) is 21.6 Å². The van der Waals surface area contributed by atoms with Crippen molar-refractivity contribution >= 4 is 15.9 Å². The van der Waals surface area contributed by atoms with Crippen molar-refractivity contribution in [2.75, 3.05) is 0 Å². The average Bonchev–Trinajstić information content (AvgIpc) is 2.59. The van der Waals surface area contributed by atoms with E-state index in [2.05, 4.69) is 10.8 Å². The summed E-state index contributed by atoms with van der Waals surface area (Å²) in [6.07, 6.45) is 0.423. The highest BCUT2D eigenvalue weighted by Gasteiger charge is 2.48. The minimum Gasteiger partial charge on any atom is -0.489 e. The van der Waals surface area contributed by atoms with E-state index in [-0.39, 0.29) is 5.56 Å². The Morgan fingerprint density at radius 2 is 1.77 bits per heavy atom. The molecule has 2 aromatic rings. The van der Waals surface area contributed by atoms with Crippen LogP contribution in [0.2, 0.25) is 0 Å². The Morgan fingerprint density at radius 3 is 2.35 bits per heavy atom. The highest BCUT2D eigenvalue weighted by atomic mass is 32.2. The molecule has 0 N–H and O–H groups in total. The molecule has 0 bridgehead atoms. The van der Waals surface area contributed by atoms with E-state index >= 15 is 0 Å². The maximum Gasteiger partial charge on any atom is 0.534 e. The summed E-state index contributed by atoms with van der Waals surface area (Å²) in [5.74, 6) is -0.0882. The molecule has 8 heteroatoms. The molecule has 26 heavy (non-hydrogen) atoms. The van der Waals surface area contributed by atoms with Crippen molar-refractivity contribution in [2.24, 2.45) is 0 Å². The van der Waals surface area contributed by atoms with E-state index in [0.717, 1.165) is 5.56 Å². The predicted octanol–water partition coefficient (Wildman–Crippen LogP) is 4.66. The Hall–Kier alpha value is -2.48. The molecule has 0 atom stereocenters. The quantitative estimate of drug-likeness (QED) is 0.394. The highest BCUT2D eigenvalue weighted by molar-refractivity contribution is 7.87. The van der Waals surface area contributed by atoms with Gasteiger partial charge in [-0.15, -0.1) is 0 Å². The van der Waals surface area contributed by atoms with Crippen LogP contribution >= 0.6 is 0 Å². The second-order valence-corrected chi connectivity index (χ2v) is 6.89. The zero-order valence-corrected chi connectivity index (χ0v) is 14.7. The highest BCUT2D eigenvalue weighted by Crippen LogP contribution is 2.31. The molecule has 0 radical (unpaired) electrons. The van der Waals surface area contributed by atoms with Gasteiger partial charge < -0.3 is 8.92 Å². The molecule has 0 aromatic heterocycles. The third-order valence-corrected chi connectivity index (χ3v) is 4.49. The molecule has 0 aliphatic rings. The van der Waals surface area contributed by atoms with E-state index < -0.39 is 21.4 Å². The molecule has 4 nitrogen and oxygen atoms in total. The zero-order chi connectivity index (χ0) is 19.4. The molecule has 0 aliphatic heterocycles. The zero-order valence-electron chi connectivity index (χ0n) is 13.9. The molecule has 2 rings (SSSR count). The SMILES string of the molecule is C=C(OS(=O)(=O)C(F)(F)F)c1ccc(OCc2ccccc2)cc1CC. The van der Waals surface area contributed by atoms with Crippen molar-refractivity contribution in [3.05, 3.63) is 71.8 Å². The lowest BCUT2D eigenvalue weighted by atomic mass is 10.0. The Kier molecular flexibility index (Phi) is 5.97. The number of ether oxygens (including phenoxy) is 1. The van der Waals surface area contributed by atoms with E-state index in [1.165, 1.54) is 12.1 Å². The molecular formula is C18H17F3O4S. The smallest absolute Gasteiger partial charge is 0.489 e. The molecule has 0 unspecified atom stereocenters. The number of hydrogen-bond donors (Lipinski definition) is 0. The van der Waals surface area contributed by atoms with Gasteiger partial charge in [-0.1, -0.05) is 43.8 Å². The minimum absolute atomic E-state index is 0.174. The van der Waals surface area contributed by atoms with Crippen molar-refractivity contribution in [1.29, 1.82) is 0 Å². The number of hydrogen-bond acceptors (Lipinski definition) is 4. The van der Waals surface area contributed by atoms with Gasteiger partial charge in [-0.3, -0.25) is 0 Å². The monoisotopic (exact) mass is 386 g/mol. The van der Waals surface area contributed by atoms with Crippen LogP contribution in [0.3, 0.4) is 0 Å². The molecule has 140 valence electrons. The van der Waals surface area contributed by atoms with Crippen LogP contribution in [0.1, 0.15) is 23.6 Å².